The number of ether oxygens (including phenoxy) is 2. The van der Waals surface area contributed by atoms with Crippen LogP contribution in [-0.2, 0) is 20.7 Å². The van der Waals surface area contributed by atoms with E-state index >= 15 is 0 Å². The maximum atomic E-state index is 13.3. The van der Waals surface area contributed by atoms with Crippen molar-refractivity contribution >= 4 is 21.5 Å². The summed E-state index contributed by atoms with van der Waals surface area (Å²) in [5, 5.41) is 30.4. The fraction of sp³-hybridized carbons (Fsp3) is 0.179. The molecule has 6 aromatic carbocycles. The van der Waals surface area contributed by atoms with Crippen LogP contribution in [0, 0.1) is 0 Å². The third kappa shape index (κ3) is 4.46. The van der Waals surface area contributed by atoms with Gasteiger partial charge in [0.2, 0.25) is 0 Å². The van der Waals surface area contributed by atoms with Crippen molar-refractivity contribution in [2.75, 3.05) is 0 Å². The minimum atomic E-state index is -1.70. The van der Waals surface area contributed by atoms with Gasteiger partial charge in [-0.3, -0.25) is 0 Å². The lowest BCUT2D eigenvalue weighted by Crippen LogP contribution is -2.55. The Morgan fingerprint density at radius 1 is 0.465 bits per heavy atom. The van der Waals surface area contributed by atoms with E-state index in [1.54, 1.807) is 0 Å². The first-order chi connectivity index (χ1) is 20.8. The molecule has 4 heteroatoms. The van der Waals surface area contributed by atoms with E-state index in [0.29, 0.717) is 22.3 Å². The summed E-state index contributed by atoms with van der Waals surface area (Å²) in [6, 6.07) is 47.0. The van der Waals surface area contributed by atoms with Crippen LogP contribution >= 0.6 is 0 Å². The lowest BCUT2D eigenvalue weighted by Gasteiger charge is -2.43. The van der Waals surface area contributed by atoms with Crippen LogP contribution in [0.3, 0.4) is 0 Å². The largest absolute Gasteiger partial charge is 0.377 e. The average Bonchev–Trinajstić information content (AvgIpc) is 3.40. The summed E-state index contributed by atoms with van der Waals surface area (Å²) in [4.78, 5) is 0. The zero-order chi connectivity index (χ0) is 29.7. The van der Waals surface area contributed by atoms with Gasteiger partial charge >= 0.3 is 0 Å². The summed E-state index contributed by atoms with van der Waals surface area (Å²) < 4.78 is 13.5. The van der Waals surface area contributed by atoms with Crippen molar-refractivity contribution in [2.45, 2.75) is 43.0 Å². The normalized spacial score (nSPS) is 20.9. The molecule has 1 fully saturated rings. The second-order valence-corrected chi connectivity index (χ2v) is 11.8. The Balaban J connectivity index is 1.54. The highest BCUT2D eigenvalue weighted by atomic mass is 16.8. The number of rotatable bonds is 6. The predicted molar refractivity (Wildman–Crippen MR) is 171 cm³/mol. The highest BCUT2D eigenvalue weighted by molar-refractivity contribution is 5.88. The fourth-order valence-electron chi connectivity index (χ4n) is 6.82. The third-order valence-corrected chi connectivity index (χ3v) is 8.75. The lowest BCUT2D eigenvalue weighted by atomic mass is 9.70. The number of hydrogen-bond donors (Lipinski definition) is 2. The van der Waals surface area contributed by atoms with Crippen molar-refractivity contribution in [2.24, 2.45) is 0 Å². The SMILES string of the molecule is CC1(C)O[C@@H]([C@@](O)(c2ccccc2)c2cccc3ccccc23)[C@H]([C@](O)(c2ccccc2)c2cccc3ccccc23)O1. The molecular weight excluding hydrogens is 532 g/mol. The maximum Gasteiger partial charge on any atom is 0.164 e. The molecule has 7 rings (SSSR count). The van der Waals surface area contributed by atoms with Crippen LogP contribution in [-0.4, -0.2) is 28.2 Å². The molecule has 6 aromatic rings. The van der Waals surface area contributed by atoms with Gasteiger partial charge in [0.15, 0.2) is 5.79 Å². The molecule has 2 N–H and O–H groups in total. The highest BCUT2D eigenvalue weighted by Crippen LogP contribution is 2.52. The van der Waals surface area contributed by atoms with Gasteiger partial charge in [0.25, 0.3) is 0 Å². The minimum Gasteiger partial charge on any atom is -0.377 e. The van der Waals surface area contributed by atoms with E-state index in [4.69, 9.17) is 9.47 Å². The molecule has 4 nitrogen and oxygen atoms in total. The van der Waals surface area contributed by atoms with Gasteiger partial charge < -0.3 is 19.7 Å². The predicted octanol–water partition coefficient (Wildman–Crippen LogP) is 7.69. The molecular formula is C39H34O4. The molecule has 0 radical (unpaired) electrons. The Hall–Kier alpha value is -4.32. The molecule has 0 bridgehead atoms. The van der Waals surface area contributed by atoms with Crippen LogP contribution in [0.2, 0.25) is 0 Å². The first-order valence-electron chi connectivity index (χ1n) is 14.7. The van der Waals surface area contributed by atoms with Crippen molar-refractivity contribution in [1.82, 2.24) is 0 Å². The number of aliphatic hydroxyl groups is 2. The monoisotopic (exact) mass is 566 g/mol. The fourth-order valence-corrected chi connectivity index (χ4v) is 6.82. The van der Waals surface area contributed by atoms with E-state index in [1.807, 2.05) is 159 Å². The number of benzene rings is 6. The van der Waals surface area contributed by atoms with Crippen LogP contribution in [0.5, 0.6) is 0 Å². The summed E-state index contributed by atoms with van der Waals surface area (Å²) in [5.74, 6) is -1.12. The van der Waals surface area contributed by atoms with E-state index < -0.39 is 29.2 Å². The third-order valence-electron chi connectivity index (χ3n) is 8.75. The molecule has 43 heavy (non-hydrogen) atoms. The molecule has 4 atom stereocenters. The second-order valence-electron chi connectivity index (χ2n) is 11.8. The van der Waals surface area contributed by atoms with Gasteiger partial charge in [-0.1, -0.05) is 146 Å². The molecule has 0 saturated carbocycles. The topological polar surface area (TPSA) is 58.9 Å². The summed E-state index contributed by atoms with van der Waals surface area (Å²) in [7, 11) is 0. The van der Waals surface area contributed by atoms with E-state index in [1.165, 1.54) is 0 Å². The minimum absolute atomic E-state index is 0.649. The van der Waals surface area contributed by atoms with Crippen molar-refractivity contribution < 1.29 is 19.7 Å². The van der Waals surface area contributed by atoms with Gasteiger partial charge in [0.1, 0.15) is 23.4 Å². The molecule has 1 aliphatic heterocycles. The van der Waals surface area contributed by atoms with Crippen molar-refractivity contribution in [3.05, 3.63) is 168 Å². The van der Waals surface area contributed by atoms with Crippen molar-refractivity contribution in [3.8, 4) is 0 Å². The standard InChI is InChI=1S/C39H34O4/c1-37(2)42-35(38(40,29-19-5-3-6-20-29)33-25-13-17-27-15-9-11-23-31(27)33)36(43-37)39(41,30-21-7-4-8-22-30)34-26-14-18-28-16-10-12-24-32(28)34/h3-26,35-36,40-41H,1-2H3/t35-,36-,38-,39+/m1/s1. The molecule has 1 heterocycles. The van der Waals surface area contributed by atoms with Gasteiger partial charge in [-0.25, -0.2) is 0 Å². The first kappa shape index (κ1) is 27.5. The Kier molecular flexibility index (Phi) is 6.68. The quantitative estimate of drug-likeness (QED) is 0.217. The van der Waals surface area contributed by atoms with E-state index in [0.717, 1.165) is 21.5 Å². The van der Waals surface area contributed by atoms with Crippen LogP contribution in [0.1, 0.15) is 36.1 Å². The maximum absolute atomic E-state index is 13.3. The van der Waals surface area contributed by atoms with Crippen LogP contribution in [0.15, 0.2) is 146 Å². The first-order valence-corrected chi connectivity index (χ1v) is 14.7. The van der Waals surface area contributed by atoms with Crippen LogP contribution in [0.25, 0.3) is 21.5 Å². The van der Waals surface area contributed by atoms with Crippen molar-refractivity contribution in [3.63, 3.8) is 0 Å². The zero-order valence-corrected chi connectivity index (χ0v) is 24.2. The van der Waals surface area contributed by atoms with Gasteiger partial charge in [0.05, 0.1) is 0 Å². The Bertz CT molecular complexity index is 1750. The van der Waals surface area contributed by atoms with E-state index in [9.17, 15) is 10.2 Å². The number of hydrogen-bond acceptors (Lipinski definition) is 4. The molecule has 214 valence electrons. The second kappa shape index (κ2) is 10.4. The van der Waals surface area contributed by atoms with Crippen molar-refractivity contribution in [1.29, 1.82) is 0 Å². The summed E-state index contributed by atoms with van der Waals surface area (Å²) in [5.41, 5.74) is -0.739. The Morgan fingerprint density at radius 3 is 1.23 bits per heavy atom. The Morgan fingerprint density at radius 2 is 0.814 bits per heavy atom. The van der Waals surface area contributed by atoms with Crippen LogP contribution in [0.4, 0.5) is 0 Å². The molecule has 0 aromatic heterocycles. The molecule has 1 aliphatic rings. The molecule has 1 saturated heterocycles. The summed E-state index contributed by atoms with van der Waals surface area (Å²) >= 11 is 0. The highest BCUT2D eigenvalue weighted by Gasteiger charge is 2.61. The molecule has 0 aliphatic carbocycles. The van der Waals surface area contributed by atoms with Gasteiger partial charge in [-0.2, -0.15) is 0 Å². The smallest absolute Gasteiger partial charge is 0.164 e. The van der Waals surface area contributed by atoms with Crippen LogP contribution < -0.4 is 0 Å². The number of fused-ring (bicyclic) bond motifs is 2. The summed E-state index contributed by atoms with van der Waals surface area (Å²) in [6.45, 7) is 3.67. The van der Waals surface area contributed by atoms with Gasteiger partial charge in [-0.05, 0) is 57.6 Å². The van der Waals surface area contributed by atoms with E-state index in [-0.39, 0.29) is 0 Å². The summed E-state index contributed by atoms with van der Waals surface area (Å²) in [6.07, 6.45) is -2.03. The molecule has 0 unspecified atom stereocenters. The van der Waals surface area contributed by atoms with E-state index in [2.05, 4.69) is 0 Å². The Labute approximate surface area is 251 Å². The molecule has 0 amide bonds. The van der Waals surface area contributed by atoms with Gasteiger partial charge in [0, 0.05) is 0 Å². The average molecular weight is 567 g/mol. The zero-order valence-electron chi connectivity index (χ0n) is 24.2. The lowest BCUT2D eigenvalue weighted by molar-refractivity contribution is -0.172. The molecule has 0 spiro atoms. The van der Waals surface area contributed by atoms with Gasteiger partial charge in [-0.15, -0.1) is 0 Å².